The summed E-state index contributed by atoms with van der Waals surface area (Å²) in [6.45, 7) is 0. The Morgan fingerprint density at radius 3 is 2.43 bits per heavy atom. The summed E-state index contributed by atoms with van der Waals surface area (Å²) in [5.74, 6) is -0.650. The van der Waals surface area contributed by atoms with Crippen molar-refractivity contribution in [2.45, 2.75) is 11.2 Å². The topological polar surface area (TPSA) is 61.2 Å². The van der Waals surface area contributed by atoms with Gasteiger partial charge in [0.25, 0.3) is 5.91 Å². The lowest BCUT2D eigenvalue weighted by Crippen LogP contribution is -2.56. The number of thioether (sulfide) groups is 1. The third kappa shape index (κ3) is 2.41. The van der Waals surface area contributed by atoms with E-state index in [-0.39, 0.29) is 18.1 Å². The van der Waals surface area contributed by atoms with E-state index in [4.69, 9.17) is 0 Å². The van der Waals surface area contributed by atoms with Gasteiger partial charge in [-0.2, -0.15) is 5.26 Å². The molecule has 1 amide bonds. The van der Waals surface area contributed by atoms with Crippen LogP contribution in [0.15, 0.2) is 54.6 Å². The molecule has 2 aromatic rings. The van der Waals surface area contributed by atoms with E-state index in [2.05, 4.69) is 0 Å². The Labute approximate surface area is 138 Å². The maximum Gasteiger partial charge on any atom is 0.252 e. The summed E-state index contributed by atoms with van der Waals surface area (Å²) in [5.41, 5.74) is 1.92. The zero-order chi connectivity index (χ0) is 16.4. The van der Waals surface area contributed by atoms with Gasteiger partial charge in [0.2, 0.25) is 0 Å². The Morgan fingerprint density at radius 2 is 1.74 bits per heavy atom. The molecule has 0 N–H and O–H groups in total. The second-order valence-corrected chi connectivity index (χ2v) is 6.48. The molecule has 0 saturated heterocycles. The average molecular weight is 322 g/mol. The molecule has 0 bridgehead atoms. The van der Waals surface area contributed by atoms with Crippen molar-refractivity contribution in [1.29, 1.82) is 5.26 Å². The molecule has 4 nitrogen and oxygen atoms in total. The molecule has 2 aromatic carbocycles. The lowest BCUT2D eigenvalue weighted by atomic mass is 9.85. The van der Waals surface area contributed by atoms with Crippen molar-refractivity contribution in [2.24, 2.45) is 0 Å². The lowest BCUT2D eigenvalue weighted by Gasteiger charge is -2.37. The number of para-hydroxylation sites is 1. The molecule has 1 atom stereocenters. The lowest BCUT2D eigenvalue weighted by molar-refractivity contribution is -0.119. The van der Waals surface area contributed by atoms with Gasteiger partial charge >= 0.3 is 0 Å². The first-order valence-corrected chi connectivity index (χ1v) is 7.95. The van der Waals surface area contributed by atoms with Crippen LogP contribution in [0, 0.1) is 10.7 Å². The standard InChI is InChI=1S/C18H14N2O2S/c1-20-15-10-6-5-9-14(15)16(21)18(17(20)22,23-12-19)11-13-7-3-2-4-8-13/h2-10H,11H2,1H3. The van der Waals surface area contributed by atoms with Crippen LogP contribution in [0.1, 0.15) is 15.9 Å². The van der Waals surface area contributed by atoms with Gasteiger partial charge in [-0.15, -0.1) is 0 Å². The van der Waals surface area contributed by atoms with Crippen LogP contribution in [0.25, 0.3) is 0 Å². The van der Waals surface area contributed by atoms with Gasteiger partial charge in [0.05, 0.1) is 5.69 Å². The molecule has 1 aliphatic heterocycles. The molecule has 1 heterocycles. The summed E-state index contributed by atoms with van der Waals surface area (Å²) < 4.78 is -1.43. The van der Waals surface area contributed by atoms with Crippen LogP contribution in [-0.4, -0.2) is 23.5 Å². The molecule has 0 saturated carbocycles. The molecule has 1 unspecified atom stereocenters. The fourth-order valence-corrected chi connectivity index (χ4v) is 3.72. The minimum Gasteiger partial charge on any atom is -0.313 e. The number of anilines is 1. The molecule has 114 valence electrons. The first kappa shape index (κ1) is 15.3. The van der Waals surface area contributed by atoms with Gasteiger partial charge < -0.3 is 4.90 Å². The number of amides is 1. The molecule has 5 heteroatoms. The molecular formula is C18H14N2O2S. The molecule has 3 rings (SSSR count). The van der Waals surface area contributed by atoms with E-state index in [1.807, 2.05) is 35.7 Å². The Hall–Kier alpha value is -2.58. The van der Waals surface area contributed by atoms with Gasteiger partial charge in [-0.25, -0.2) is 0 Å². The zero-order valence-electron chi connectivity index (χ0n) is 12.5. The third-order valence-corrected chi connectivity index (χ3v) is 4.99. The Bertz CT molecular complexity index is 813. The Morgan fingerprint density at radius 1 is 1.09 bits per heavy atom. The van der Waals surface area contributed by atoms with E-state index in [0.29, 0.717) is 11.3 Å². The number of rotatable bonds is 3. The predicted molar refractivity (Wildman–Crippen MR) is 90.3 cm³/mol. The molecule has 0 aliphatic carbocycles. The smallest absolute Gasteiger partial charge is 0.252 e. The first-order chi connectivity index (χ1) is 11.1. The minimum absolute atomic E-state index is 0.197. The second-order valence-electron chi connectivity index (χ2n) is 5.39. The van der Waals surface area contributed by atoms with Crippen molar-refractivity contribution in [3.05, 3.63) is 65.7 Å². The van der Waals surface area contributed by atoms with Crippen LogP contribution < -0.4 is 4.90 Å². The second kappa shape index (κ2) is 5.90. The zero-order valence-corrected chi connectivity index (χ0v) is 13.3. The molecule has 1 aliphatic rings. The number of Topliss-reactive ketones (excluding diaryl/α,β-unsaturated/α-hetero) is 1. The number of benzene rings is 2. The summed E-state index contributed by atoms with van der Waals surface area (Å²) in [6, 6.07) is 16.3. The Kier molecular flexibility index (Phi) is 3.93. The molecule has 0 aromatic heterocycles. The number of carbonyl (C=O) groups excluding carboxylic acids is 2. The van der Waals surface area contributed by atoms with Gasteiger partial charge in [-0.1, -0.05) is 42.5 Å². The van der Waals surface area contributed by atoms with Crippen molar-refractivity contribution in [3.63, 3.8) is 0 Å². The number of hydrogen-bond acceptors (Lipinski definition) is 4. The van der Waals surface area contributed by atoms with E-state index in [0.717, 1.165) is 17.3 Å². The summed E-state index contributed by atoms with van der Waals surface area (Å²) in [5, 5.41) is 11.2. The summed E-state index contributed by atoms with van der Waals surface area (Å²) >= 11 is 0.743. The third-order valence-electron chi connectivity index (χ3n) is 4.04. The SMILES string of the molecule is CN1C(=O)C(Cc2ccccc2)(SC#N)C(=O)c2ccccc21. The number of carbonyl (C=O) groups is 2. The predicted octanol–water partition coefficient (Wildman–Crippen LogP) is 3.04. The van der Waals surface area contributed by atoms with Crippen LogP contribution in [0.4, 0.5) is 5.69 Å². The monoisotopic (exact) mass is 322 g/mol. The maximum absolute atomic E-state index is 13.1. The highest BCUT2D eigenvalue weighted by Crippen LogP contribution is 2.41. The van der Waals surface area contributed by atoms with E-state index in [9.17, 15) is 14.9 Å². The molecule has 0 radical (unpaired) electrons. The number of nitrogens with zero attached hydrogens (tertiary/aromatic N) is 2. The highest BCUT2D eigenvalue weighted by atomic mass is 32.2. The van der Waals surface area contributed by atoms with Gasteiger partial charge in [0.1, 0.15) is 5.40 Å². The van der Waals surface area contributed by atoms with Crippen LogP contribution in [-0.2, 0) is 11.2 Å². The van der Waals surface area contributed by atoms with Crippen LogP contribution in [0.2, 0.25) is 0 Å². The first-order valence-electron chi connectivity index (χ1n) is 7.13. The average Bonchev–Trinajstić information content (AvgIpc) is 2.59. The normalized spacial score (nSPS) is 20.1. The number of fused-ring (bicyclic) bond motifs is 1. The number of thiocyanates is 1. The van der Waals surface area contributed by atoms with Gasteiger partial charge in [-0.3, -0.25) is 9.59 Å². The van der Waals surface area contributed by atoms with Crippen molar-refractivity contribution in [2.75, 3.05) is 11.9 Å². The number of nitriles is 1. The van der Waals surface area contributed by atoms with E-state index >= 15 is 0 Å². The number of ketones is 1. The van der Waals surface area contributed by atoms with Crippen molar-refractivity contribution in [1.82, 2.24) is 0 Å². The summed E-state index contributed by atoms with van der Waals surface area (Å²) in [7, 11) is 1.64. The minimum atomic E-state index is -1.43. The van der Waals surface area contributed by atoms with Crippen molar-refractivity contribution >= 4 is 29.1 Å². The van der Waals surface area contributed by atoms with Crippen molar-refractivity contribution < 1.29 is 9.59 Å². The Balaban J connectivity index is 2.14. The van der Waals surface area contributed by atoms with Crippen LogP contribution in [0.5, 0.6) is 0 Å². The molecular weight excluding hydrogens is 308 g/mol. The van der Waals surface area contributed by atoms with E-state index in [1.165, 1.54) is 4.90 Å². The van der Waals surface area contributed by atoms with Crippen LogP contribution in [0.3, 0.4) is 0 Å². The summed E-state index contributed by atoms with van der Waals surface area (Å²) in [4.78, 5) is 27.5. The van der Waals surface area contributed by atoms with Gasteiger partial charge in [0.15, 0.2) is 10.5 Å². The number of hydrogen-bond donors (Lipinski definition) is 0. The summed E-state index contributed by atoms with van der Waals surface area (Å²) in [6.07, 6.45) is 0.197. The van der Waals surface area contributed by atoms with Gasteiger partial charge in [0, 0.05) is 19.0 Å². The van der Waals surface area contributed by atoms with E-state index < -0.39 is 4.75 Å². The highest BCUT2D eigenvalue weighted by molar-refractivity contribution is 8.06. The quantitative estimate of drug-likeness (QED) is 0.644. The van der Waals surface area contributed by atoms with Crippen LogP contribution >= 0.6 is 11.8 Å². The highest BCUT2D eigenvalue weighted by Gasteiger charge is 2.53. The molecule has 23 heavy (non-hydrogen) atoms. The largest absolute Gasteiger partial charge is 0.313 e. The van der Waals surface area contributed by atoms with Gasteiger partial charge in [-0.05, 0) is 29.5 Å². The maximum atomic E-state index is 13.1. The fraction of sp³-hybridized carbons (Fsp3) is 0.167. The molecule has 0 spiro atoms. The van der Waals surface area contributed by atoms with E-state index in [1.54, 1.807) is 31.3 Å². The molecule has 0 fully saturated rings. The fourth-order valence-electron chi connectivity index (χ4n) is 2.90. The van der Waals surface area contributed by atoms with Crippen molar-refractivity contribution in [3.8, 4) is 5.40 Å².